The zero-order valence-electron chi connectivity index (χ0n) is 11.3. The third-order valence-electron chi connectivity index (χ3n) is 3.49. The summed E-state index contributed by atoms with van der Waals surface area (Å²) in [6.45, 7) is -0.275. The number of aromatic amines is 1. The minimum absolute atomic E-state index is 0.0344. The summed E-state index contributed by atoms with van der Waals surface area (Å²) in [6, 6.07) is 9.43. The maximum atomic E-state index is 12.6. The summed E-state index contributed by atoms with van der Waals surface area (Å²) in [5, 5.41) is 15.7. The Hall–Kier alpha value is -2.63. The van der Waals surface area contributed by atoms with Gasteiger partial charge in [0.15, 0.2) is 0 Å². The lowest BCUT2D eigenvalue weighted by Crippen LogP contribution is -2.37. The Bertz CT molecular complexity index is 662. The average Bonchev–Trinajstić information content (AvgIpc) is 3.21. The SMILES string of the molecule is O=C(O)CN(C(=O)c1cn[nH]c1-c1ccccc1)C1CC1. The number of carbonyl (C=O) groups excluding carboxylic acids is 1. The Morgan fingerprint density at radius 2 is 2.00 bits per heavy atom. The molecule has 2 aromatic rings. The topological polar surface area (TPSA) is 86.3 Å². The first-order valence-corrected chi connectivity index (χ1v) is 6.78. The smallest absolute Gasteiger partial charge is 0.323 e. The molecule has 0 aliphatic heterocycles. The molecule has 1 heterocycles. The van der Waals surface area contributed by atoms with E-state index in [0.29, 0.717) is 11.3 Å². The number of carboxylic acid groups (broad SMARTS) is 1. The van der Waals surface area contributed by atoms with Crippen molar-refractivity contribution in [1.82, 2.24) is 15.1 Å². The molecular formula is C15H15N3O3. The predicted octanol–water partition coefficient (Wildman–Crippen LogP) is 1.77. The van der Waals surface area contributed by atoms with Gasteiger partial charge in [-0.2, -0.15) is 5.10 Å². The van der Waals surface area contributed by atoms with Crippen LogP contribution in [0.2, 0.25) is 0 Å². The molecule has 1 amide bonds. The number of aliphatic carboxylic acids is 1. The Morgan fingerprint density at radius 1 is 1.29 bits per heavy atom. The van der Waals surface area contributed by atoms with Crippen LogP contribution in [0, 0.1) is 0 Å². The summed E-state index contributed by atoms with van der Waals surface area (Å²) in [4.78, 5) is 25.0. The fraction of sp³-hybridized carbons (Fsp3) is 0.267. The van der Waals surface area contributed by atoms with Gasteiger partial charge in [0, 0.05) is 11.6 Å². The molecule has 1 saturated carbocycles. The first-order valence-electron chi connectivity index (χ1n) is 6.78. The lowest BCUT2D eigenvalue weighted by Gasteiger charge is -2.20. The summed E-state index contributed by atoms with van der Waals surface area (Å²) in [6.07, 6.45) is 3.18. The van der Waals surface area contributed by atoms with Crippen molar-refractivity contribution in [1.29, 1.82) is 0 Å². The van der Waals surface area contributed by atoms with Crippen LogP contribution in [-0.2, 0) is 4.79 Å². The van der Waals surface area contributed by atoms with Gasteiger partial charge in [-0.3, -0.25) is 14.7 Å². The Morgan fingerprint density at radius 3 is 2.62 bits per heavy atom. The molecule has 2 N–H and O–H groups in total. The van der Waals surface area contributed by atoms with Gasteiger partial charge in [-0.15, -0.1) is 0 Å². The van der Waals surface area contributed by atoms with Crippen LogP contribution in [-0.4, -0.2) is 44.7 Å². The molecule has 6 heteroatoms. The van der Waals surface area contributed by atoms with Crippen molar-refractivity contribution >= 4 is 11.9 Å². The second kappa shape index (κ2) is 5.40. The zero-order valence-corrected chi connectivity index (χ0v) is 11.3. The van der Waals surface area contributed by atoms with Crippen molar-refractivity contribution < 1.29 is 14.7 Å². The van der Waals surface area contributed by atoms with Crippen LogP contribution in [0.4, 0.5) is 0 Å². The Balaban J connectivity index is 1.91. The standard InChI is InChI=1S/C15H15N3O3/c19-13(20)9-18(11-6-7-11)15(21)12-8-16-17-14(12)10-4-2-1-3-5-10/h1-5,8,11H,6-7,9H2,(H,16,17)(H,19,20). The second-order valence-electron chi connectivity index (χ2n) is 5.08. The van der Waals surface area contributed by atoms with Gasteiger partial charge in [-0.1, -0.05) is 30.3 Å². The summed E-state index contributed by atoms with van der Waals surface area (Å²) >= 11 is 0. The molecule has 0 unspecified atom stereocenters. The molecule has 3 rings (SSSR count). The van der Waals surface area contributed by atoms with Gasteiger partial charge < -0.3 is 10.0 Å². The predicted molar refractivity (Wildman–Crippen MR) is 75.7 cm³/mol. The highest BCUT2D eigenvalue weighted by Crippen LogP contribution is 2.30. The second-order valence-corrected chi connectivity index (χ2v) is 5.08. The normalized spacial score (nSPS) is 13.9. The minimum Gasteiger partial charge on any atom is -0.480 e. The van der Waals surface area contributed by atoms with Gasteiger partial charge in [0.1, 0.15) is 6.54 Å². The summed E-state index contributed by atoms with van der Waals surface area (Å²) in [5.41, 5.74) is 1.88. The number of carboxylic acids is 1. The van der Waals surface area contributed by atoms with Gasteiger partial charge in [0.05, 0.1) is 17.5 Å². The van der Waals surface area contributed by atoms with Gasteiger partial charge >= 0.3 is 5.97 Å². The number of nitrogens with one attached hydrogen (secondary N) is 1. The first kappa shape index (κ1) is 13.4. The van der Waals surface area contributed by atoms with E-state index in [0.717, 1.165) is 18.4 Å². The van der Waals surface area contributed by atoms with Crippen molar-refractivity contribution in [3.05, 3.63) is 42.1 Å². The van der Waals surface area contributed by atoms with E-state index in [1.165, 1.54) is 11.1 Å². The van der Waals surface area contributed by atoms with E-state index in [9.17, 15) is 9.59 Å². The molecule has 1 aliphatic carbocycles. The highest BCUT2D eigenvalue weighted by Gasteiger charge is 2.35. The van der Waals surface area contributed by atoms with Crippen LogP contribution < -0.4 is 0 Å². The molecule has 21 heavy (non-hydrogen) atoms. The third kappa shape index (κ3) is 2.79. The molecule has 1 aromatic heterocycles. The van der Waals surface area contributed by atoms with E-state index < -0.39 is 5.97 Å². The number of carbonyl (C=O) groups is 2. The minimum atomic E-state index is -1.000. The van der Waals surface area contributed by atoms with Gasteiger partial charge in [-0.05, 0) is 12.8 Å². The number of benzene rings is 1. The number of H-pyrrole nitrogens is 1. The molecule has 0 atom stereocenters. The maximum Gasteiger partial charge on any atom is 0.323 e. The van der Waals surface area contributed by atoms with Crippen LogP contribution in [0.25, 0.3) is 11.3 Å². The summed E-state index contributed by atoms with van der Waals surface area (Å²) < 4.78 is 0. The van der Waals surface area contributed by atoms with E-state index in [1.54, 1.807) is 0 Å². The van der Waals surface area contributed by atoms with Crippen LogP contribution >= 0.6 is 0 Å². The van der Waals surface area contributed by atoms with Crippen LogP contribution in [0.1, 0.15) is 23.2 Å². The highest BCUT2D eigenvalue weighted by molar-refractivity contribution is 6.01. The number of hydrogen-bond donors (Lipinski definition) is 2. The molecule has 0 radical (unpaired) electrons. The van der Waals surface area contributed by atoms with Crippen LogP contribution in [0.3, 0.4) is 0 Å². The van der Waals surface area contributed by atoms with E-state index >= 15 is 0 Å². The fourth-order valence-corrected chi connectivity index (χ4v) is 2.33. The largest absolute Gasteiger partial charge is 0.480 e. The molecule has 1 aromatic carbocycles. The van der Waals surface area contributed by atoms with E-state index in [4.69, 9.17) is 5.11 Å². The van der Waals surface area contributed by atoms with Crippen molar-refractivity contribution in [3.8, 4) is 11.3 Å². The quantitative estimate of drug-likeness (QED) is 0.876. The van der Waals surface area contributed by atoms with Crippen molar-refractivity contribution in [2.45, 2.75) is 18.9 Å². The third-order valence-corrected chi connectivity index (χ3v) is 3.49. The lowest BCUT2D eigenvalue weighted by molar-refractivity contribution is -0.137. The van der Waals surface area contributed by atoms with E-state index in [2.05, 4.69) is 10.2 Å². The van der Waals surface area contributed by atoms with E-state index in [-0.39, 0.29) is 18.5 Å². The van der Waals surface area contributed by atoms with Gasteiger partial charge in [0.2, 0.25) is 0 Å². The van der Waals surface area contributed by atoms with Crippen LogP contribution in [0.5, 0.6) is 0 Å². The molecule has 0 saturated heterocycles. The van der Waals surface area contributed by atoms with Crippen molar-refractivity contribution in [2.24, 2.45) is 0 Å². The lowest BCUT2D eigenvalue weighted by atomic mass is 10.1. The van der Waals surface area contributed by atoms with Crippen LogP contribution in [0.15, 0.2) is 36.5 Å². The molecular weight excluding hydrogens is 270 g/mol. The monoisotopic (exact) mass is 285 g/mol. The molecule has 1 aliphatic rings. The molecule has 6 nitrogen and oxygen atoms in total. The Labute approximate surface area is 121 Å². The zero-order chi connectivity index (χ0) is 14.8. The number of amides is 1. The van der Waals surface area contributed by atoms with Crippen molar-refractivity contribution in [2.75, 3.05) is 6.54 Å². The molecule has 1 fully saturated rings. The molecule has 0 spiro atoms. The molecule has 108 valence electrons. The molecule has 0 bridgehead atoms. The number of aromatic nitrogens is 2. The average molecular weight is 285 g/mol. The van der Waals surface area contributed by atoms with E-state index in [1.807, 2.05) is 30.3 Å². The summed E-state index contributed by atoms with van der Waals surface area (Å²) in [5.74, 6) is -1.28. The van der Waals surface area contributed by atoms with Gasteiger partial charge in [-0.25, -0.2) is 0 Å². The highest BCUT2D eigenvalue weighted by atomic mass is 16.4. The summed E-state index contributed by atoms with van der Waals surface area (Å²) in [7, 11) is 0. The fourth-order valence-electron chi connectivity index (χ4n) is 2.33. The van der Waals surface area contributed by atoms with Gasteiger partial charge in [0.25, 0.3) is 5.91 Å². The number of hydrogen-bond acceptors (Lipinski definition) is 3. The number of nitrogens with zero attached hydrogens (tertiary/aromatic N) is 2. The maximum absolute atomic E-state index is 12.6. The van der Waals surface area contributed by atoms with Crippen molar-refractivity contribution in [3.63, 3.8) is 0 Å². The first-order chi connectivity index (χ1) is 10.2. The number of rotatable bonds is 5. The Kier molecular flexibility index (Phi) is 3.43.